The van der Waals surface area contributed by atoms with Gasteiger partial charge in [-0.2, -0.15) is 0 Å². The smallest absolute Gasteiger partial charge is 0.0135 e. The molecule has 0 aromatic heterocycles. The molecular formula is C14H30N2. The average molecular weight is 226 g/mol. The third-order valence-corrected chi connectivity index (χ3v) is 4.38. The lowest BCUT2D eigenvalue weighted by Crippen LogP contribution is -2.45. The Labute approximate surface area is 102 Å². The number of rotatable bonds is 6. The molecule has 2 heteroatoms. The first-order chi connectivity index (χ1) is 7.72. The number of hydrogen-bond donors (Lipinski definition) is 1. The Morgan fingerprint density at radius 3 is 2.56 bits per heavy atom. The molecule has 0 aromatic carbocycles. The van der Waals surface area contributed by atoms with Gasteiger partial charge in [-0.3, -0.25) is 0 Å². The van der Waals surface area contributed by atoms with Gasteiger partial charge in [0.2, 0.25) is 0 Å². The summed E-state index contributed by atoms with van der Waals surface area (Å²) in [5, 5.41) is 0. The van der Waals surface area contributed by atoms with Crippen LogP contribution in [-0.4, -0.2) is 31.1 Å². The fourth-order valence-electron chi connectivity index (χ4n) is 3.05. The largest absolute Gasteiger partial charge is 0.330 e. The molecule has 0 amide bonds. The second-order valence-corrected chi connectivity index (χ2v) is 5.48. The highest BCUT2D eigenvalue weighted by atomic mass is 15.1. The summed E-state index contributed by atoms with van der Waals surface area (Å²) in [6.07, 6.45) is 8.07. The fourth-order valence-corrected chi connectivity index (χ4v) is 3.05. The topological polar surface area (TPSA) is 29.3 Å². The molecule has 2 nitrogen and oxygen atoms in total. The van der Waals surface area contributed by atoms with Crippen molar-refractivity contribution in [3.8, 4) is 0 Å². The second-order valence-electron chi connectivity index (χ2n) is 5.48. The van der Waals surface area contributed by atoms with Crippen LogP contribution in [0.2, 0.25) is 0 Å². The highest BCUT2D eigenvalue weighted by Crippen LogP contribution is 2.33. The Hall–Kier alpha value is -0.0800. The quantitative estimate of drug-likeness (QED) is 0.754. The Balaban J connectivity index is 2.49. The van der Waals surface area contributed by atoms with Gasteiger partial charge in [0, 0.05) is 6.04 Å². The van der Waals surface area contributed by atoms with Gasteiger partial charge in [-0.05, 0) is 51.2 Å². The summed E-state index contributed by atoms with van der Waals surface area (Å²) in [4.78, 5) is 2.57. The monoisotopic (exact) mass is 226 g/mol. The number of nitrogens with two attached hydrogens (primary N) is 1. The molecule has 1 aliphatic rings. The van der Waals surface area contributed by atoms with Gasteiger partial charge in [0.15, 0.2) is 0 Å². The highest BCUT2D eigenvalue weighted by Gasteiger charge is 2.31. The zero-order valence-corrected chi connectivity index (χ0v) is 11.4. The van der Waals surface area contributed by atoms with Crippen molar-refractivity contribution in [2.24, 2.45) is 17.6 Å². The Kier molecular flexibility index (Phi) is 6.37. The third-order valence-electron chi connectivity index (χ3n) is 4.38. The summed E-state index contributed by atoms with van der Waals surface area (Å²) in [7, 11) is 2.29. The molecule has 3 atom stereocenters. The number of unbranched alkanes of at least 4 members (excludes halogenated alkanes) is 1. The van der Waals surface area contributed by atoms with Gasteiger partial charge in [0.05, 0.1) is 0 Å². The lowest BCUT2D eigenvalue weighted by molar-refractivity contribution is 0.101. The van der Waals surface area contributed by atoms with Crippen molar-refractivity contribution in [3.63, 3.8) is 0 Å². The number of hydrogen-bond acceptors (Lipinski definition) is 2. The second kappa shape index (κ2) is 7.29. The van der Waals surface area contributed by atoms with E-state index in [4.69, 9.17) is 5.73 Å². The van der Waals surface area contributed by atoms with Crippen LogP contribution < -0.4 is 5.73 Å². The van der Waals surface area contributed by atoms with E-state index in [9.17, 15) is 0 Å². The van der Waals surface area contributed by atoms with Crippen LogP contribution in [0.15, 0.2) is 0 Å². The molecule has 0 heterocycles. The minimum absolute atomic E-state index is 0.740. The van der Waals surface area contributed by atoms with Gasteiger partial charge in [0.25, 0.3) is 0 Å². The molecule has 0 aromatic rings. The van der Waals surface area contributed by atoms with E-state index in [-0.39, 0.29) is 0 Å². The van der Waals surface area contributed by atoms with Crippen molar-refractivity contribution in [1.82, 2.24) is 4.90 Å². The predicted octanol–water partition coefficient (Wildman–Crippen LogP) is 2.87. The Bertz CT molecular complexity index is 182. The maximum absolute atomic E-state index is 5.92. The van der Waals surface area contributed by atoms with Crippen LogP contribution in [0.1, 0.15) is 52.4 Å². The summed E-state index contributed by atoms with van der Waals surface area (Å²) >= 11 is 0. The van der Waals surface area contributed by atoms with Gasteiger partial charge in [-0.25, -0.2) is 0 Å². The minimum Gasteiger partial charge on any atom is -0.330 e. The molecule has 16 heavy (non-hydrogen) atoms. The van der Waals surface area contributed by atoms with E-state index >= 15 is 0 Å². The standard InChI is InChI=1S/C14H30N2/c1-4-6-9-16(3)14-10-12(5-2)7-8-13(14)11-15/h12-14H,4-11,15H2,1-3H3. The lowest BCUT2D eigenvalue weighted by atomic mass is 9.76. The van der Waals surface area contributed by atoms with E-state index in [0.29, 0.717) is 0 Å². The molecule has 96 valence electrons. The van der Waals surface area contributed by atoms with Crippen molar-refractivity contribution in [2.45, 2.75) is 58.4 Å². The van der Waals surface area contributed by atoms with Crippen molar-refractivity contribution in [1.29, 1.82) is 0 Å². The minimum atomic E-state index is 0.740. The summed E-state index contributed by atoms with van der Waals surface area (Å²) in [6, 6.07) is 0.746. The molecule has 1 aliphatic carbocycles. The molecule has 0 radical (unpaired) electrons. The maximum atomic E-state index is 5.92. The number of nitrogens with zero attached hydrogens (tertiary/aromatic N) is 1. The normalized spacial score (nSPS) is 30.9. The summed E-state index contributed by atoms with van der Waals surface area (Å²) < 4.78 is 0. The zero-order valence-electron chi connectivity index (χ0n) is 11.4. The molecule has 1 fully saturated rings. The molecule has 3 unspecified atom stereocenters. The van der Waals surface area contributed by atoms with Gasteiger partial charge >= 0.3 is 0 Å². The Morgan fingerprint density at radius 2 is 2.00 bits per heavy atom. The van der Waals surface area contributed by atoms with Gasteiger partial charge in [-0.1, -0.05) is 33.1 Å². The van der Waals surface area contributed by atoms with E-state index < -0.39 is 0 Å². The van der Waals surface area contributed by atoms with Gasteiger partial charge in [-0.15, -0.1) is 0 Å². The molecule has 0 bridgehead atoms. The predicted molar refractivity (Wildman–Crippen MR) is 71.5 cm³/mol. The van der Waals surface area contributed by atoms with Crippen molar-refractivity contribution in [2.75, 3.05) is 20.1 Å². The lowest BCUT2D eigenvalue weighted by Gasteiger charge is -2.41. The van der Waals surface area contributed by atoms with E-state index in [0.717, 1.165) is 24.4 Å². The Morgan fingerprint density at radius 1 is 1.25 bits per heavy atom. The summed E-state index contributed by atoms with van der Waals surface area (Å²) in [5.74, 6) is 1.68. The highest BCUT2D eigenvalue weighted by molar-refractivity contribution is 4.86. The van der Waals surface area contributed by atoms with E-state index in [1.54, 1.807) is 0 Å². The first-order valence-electron chi connectivity index (χ1n) is 7.13. The van der Waals surface area contributed by atoms with Crippen molar-refractivity contribution >= 4 is 0 Å². The van der Waals surface area contributed by atoms with Crippen LogP contribution in [0.25, 0.3) is 0 Å². The van der Waals surface area contributed by atoms with Crippen LogP contribution in [0.3, 0.4) is 0 Å². The van der Waals surface area contributed by atoms with Crippen LogP contribution in [0, 0.1) is 11.8 Å². The molecule has 1 saturated carbocycles. The summed E-state index contributed by atoms with van der Waals surface area (Å²) in [5.41, 5.74) is 5.92. The van der Waals surface area contributed by atoms with Gasteiger partial charge in [0.1, 0.15) is 0 Å². The first kappa shape index (κ1) is 14.0. The van der Waals surface area contributed by atoms with E-state index in [1.807, 2.05) is 0 Å². The van der Waals surface area contributed by atoms with Crippen molar-refractivity contribution in [3.05, 3.63) is 0 Å². The molecule has 0 aliphatic heterocycles. The van der Waals surface area contributed by atoms with Crippen LogP contribution in [0.5, 0.6) is 0 Å². The van der Waals surface area contributed by atoms with E-state index in [1.165, 1.54) is 45.1 Å². The SMILES string of the molecule is CCCCN(C)C1CC(CC)CCC1CN. The molecule has 0 spiro atoms. The molecule has 2 N–H and O–H groups in total. The first-order valence-corrected chi connectivity index (χ1v) is 7.13. The van der Waals surface area contributed by atoms with Gasteiger partial charge < -0.3 is 10.6 Å². The third kappa shape index (κ3) is 3.74. The summed E-state index contributed by atoms with van der Waals surface area (Å²) in [6.45, 7) is 6.71. The van der Waals surface area contributed by atoms with E-state index in [2.05, 4.69) is 25.8 Å². The zero-order chi connectivity index (χ0) is 12.0. The van der Waals surface area contributed by atoms with Crippen LogP contribution in [0.4, 0.5) is 0 Å². The maximum Gasteiger partial charge on any atom is 0.0135 e. The molecule has 0 saturated heterocycles. The molecule has 1 rings (SSSR count). The fraction of sp³-hybridized carbons (Fsp3) is 1.00. The average Bonchev–Trinajstić information content (AvgIpc) is 2.35. The molecular weight excluding hydrogens is 196 g/mol. The van der Waals surface area contributed by atoms with Crippen LogP contribution >= 0.6 is 0 Å². The van der Waals surface area contributed by atoms with Crippen LogP contribution in [-0.2, 0) is 0 Å². The van der Waals surface area contributed by atoms with Crippen molar-refractivity contribution < 1.29 is 0 Å².